The first kappa shape index (κ1) is 15.6. The van der Waals surface area contributed by atoms with Crippen molar-refractivity contribution in [2.24, 2.45) is 0 Å². The fourth-order valence-corrected chi connectivity index (χ4v) is 2.42. The van der Waals surface area contributed by atoms with E-state index in [9.17, 15) is 9.18 Å². The number of rotatable bonds is 4. The number of carbonyl (C=O) groups is 1. The lowest BCUT2D eigenvalue weighted by atomic mass is 10.2. The lowest BCUT2D eigenvalue weighted by Crippen LogP contribution is -2.20. The standard InChI is InChI=1S/C15H12Cl2FNO2/c1-9-5-10(16)6-13(17)15(9)21-8-14(20)19-12-4-2-3-11(18)7-12/h2-7H,8H2,1H3,(H,19,20). The van der Waals surface area contributed by atoms with Gasteiger partial charge in [-0.15, -0.1) is 0 Å². The number of hydrogen-bond acceptors (Lipinski definition) is 2. The fourth-order valence-electron chi connectivity index (χ4n) is 1.77. The van der Waals surface area contributed by atoms with Crippen molar-refractivity contribution in [2.45, 2.75) is 6.92 Å². The van der Waals surface area contributed by atoms with Crippen LogP contribution in [-0.4, -0.2) is 12.5 Å². The normalized spacial score (nSPS) is 10.3. The maximum Gasteiger partial charge on any atom is 0.262 e. The van der Waals surface area contributed by atoms with E-state index in [1.807, 2.05) is 0 Å². The maximum absolute atomic E-state index is 13.0. The second-order valence-electron chi connectivity index (χ2n) is 4.38. The van der Waals surface area contributed by atoms with Gasteiger partial charge in [0.2, 0.25) is 0 Å². The third-order valence-corrected chi connectivity index (χ3v) is 3.15. The Bertz CT molecular complexity index is 653. The molecule has 0 atom stereocenters. The Kier molecular flexibility index (Phi) is 5.04. The van der Waals surface area contributed by atoms with Crippen LogP contribution in [0.3, 0.4) is 0 Å². The van der Waals surface area contributed by atoms with Crippen molar-refractivity contribution in [3.63, 3.8) is 0 Å². The Balaban J connectivity index is 1.99. The highest BCUT2D eigenvalue weighted by Crippen LogP contribution is 2.31. The highest BCUT2D eigenvalue weighted by Gasteiger charge is 2.10. The zero-order valence-electron chi connectivity index (χ0n) is 11.1. The van der Waals surface area contributed by atoms with Gasteiger partial charge in [0.25, 0.3) is 5.91 Å². The van der Waals surface area contributed by atoms with Gasteiger partial charge in [0.15, 0.2) is 6.61 Å². The van der Waals surface area contributed by atoms with Gasteiger partial charge >= 0.3 is 0 Å². The zero-order valence-corrected chi connectivity index (χ0v) is 12.6. The van der Waals surface area contributed by atoms with Crippen LogP contribution >= 0.6 is 23.2 Å². The predicted octanol–water partition coefficient (Wildman–Crippen LogP) is 4.46. The van der Waals surface area contributed by atoms with Crippen LogP contribution in [-0.2, 0) is 4.79 Å². The molecule has 0 bridgehead atoms. The summed E-state index contributed by atoms with van der Waals surface area (Å²) in [6.07, 6.45) is 0. The number of halogens is 3. The summed E-state index contributed by atoms with van der Waals surface area (Å²) in [6.45, 7) is 1.54. The number of anilines is 1. The molecule has 0 heterocycles. The first-order chi connectivity index (χ1) is 9.95. The molecular formula is C15H12Cl2FNO2. The molecule has 3 nitrogen and oxygen atoms in total. The monoisotopic (exact) mass is 327 g/mol. The molecule has 2 aromatic carbocycles. The van der Waals surface area contributed by atoms with E-state index < -0.39 is 11.7 Å². The van der Waals surface area contributed by atoms with Crippen molar-refractivity contribution < 1.29 is 13.9 Å². The summed E-state index contributed by atoms with van der Waals surface area (Å²) in [4.78, 5) is 11.8. The van der Waals surface area contributed by atoms with Crippen LogP contribution in [0.4, 0.5) is 10.1 Å². The van der Waals surface area contributed by atoms with Gasteiger partial charge in [-0.05, 0) is 42.8 Å². The van der Waals surface area contributed by atoms with Gasteiger partial charge in [-0.1, -0.05) is 29.3 Å². The summed E-state index contributed by atoms with van der Waals surface area (Å²) in [5.41, 5.74) is 1.09. The summed E-state index contributed by atoms with van der Waals surface area (Å²) in [6, 6.07) is 8.83. The fraction of sp³-hybridized carbons (Fsp3) is 0.133. The average Bonchev–Trinajstić information content (AvgIpc) is 2.37. The third-order valence-electron chi connectivity index (χ3n) is 2.65. The van der Waals surface area contributed by atoms with Gasteiger partial charge in [0, 0.05) is 10.7 Å². The van der Waals surface area contributed by atoms with E-state index in [1.54, 1.807) is 19.1 Å². The molecule has 0 fully saturated rings. The van der Waals surface area contributed by atoms with Gasteiger partial charge in [-0.25, -0.2) is 4.39 Å². The quantitative estimate of drug-likeness (QED) is 0.900. The zero-order chi connectivity index (χ0) is 15.4. The number of amides is 1. The van der Waals surface area contributed by atoms with Gasteiger partial charge in [-0.2, -0.15) is 0 Å². The second-order valence-corrected chi connectivity index (χ2v) is 5.22. The minimum atomic E-state index is -0.426. The third kappa shape index (κ3) is 4.34. The number of hydrogen-bond donors (Lipinski definition) is 1. The Morgan fingerprint density at radius 1 is 1.29 bits per heavy atom. The Hall–Kier alpha value is -1.78. The van der Waals surface area contributed by atoms with Crippen molar-refractivity contribution in [1.82, 2.24) is 0 Å². The van der Waals surface area contributed by atoms with Crippen LogP contribution in [0.25, 0.3) is 0 Å². The summed E-state index contributed by atoms with van der Waals surface area (Å²) >= 11 is 11.9. The minimum Gasteiger partial charge on any atom is -0.482 e. The summed E-state index contributed by atoms with van der Waals surface area (Å²) < 4.78 is 18.4. The molecule has 1 amide bonds. The smallest absolute Gasteiger partial charge is 0.262 e. The van der Waals surface area contributed by atoms with Crippen LogP contribution in [0, 0.1) is 12.7 Å². The first-order valence-electron chi connectivity index (χ1n) is 6.09. The number of ether oxygens (including phenoxy) is 1. The van der Waals surface area contributed by atoms with Crippen LogP contribution in [0.2, 0.25) is 10.0 Å². The molecule has 0 aromatic heterocycles. The van der Waals surface area contributed by atoms with Crippen LogP contribution in [0.1, 0.15) is 5.56 Å². The number of nitrogens with one attached hydrogen (secondary N) is 1. The molecule has 2 rings (SSSR count). The number of carbonyl (C=O) groups excluding carboxylic acids is 1. The molecule has 0 radical (unpaired) electrons. The number of aryl methyl sites for hydroxylation is 1. The lowest BCUT2D eigenvalue weighted by molar-refractivity contribution is -0.118. The molecule has 0 unspecified atom stereocenters. The van der Waals surface area contributed by atoms with E-state index >= 15 is 0 Å². The lowest BCUT2D eigenvalue weighted by Gasteiger charge is -2.11. The van der Waals surface area contributed by atoms with Crippen LogP contribution < -0.4 is 10.1 Å². The molecule has 0 aliphatic heterocycles. The van der Waals surface area contributed by atoms with Crippen molar-refractivity contribution in [1.29, 1.82) is 0 Å². The second kappa shape index (κ2) is 6.78. The molecule has 0 spiro atoms. The largest absolute Gasteiger partial charge is 0.482 e. The molecule has 110 valence electrons. The Labute approximate surface area is 131 Å². The molecule has 0 saturated carbocycles. The van der Waals surface area contributed by atoms with E-state index in [4.69, 9.17) is 27.9 Å². The van der Waals surface area contributed by atoms with E-state index in [-0.39, 0.29) is 6.61 Å². The van der Waals surface area contributed by atoms with Gasteiger partial charge in [-0.3, -0.25) is 4.79 Å². The molecule has 1 N–H and O–H groups in total. The van der Waals surface area contributed by atoms with Gasteiger partial charge < -0.3 is 10.1 Å². The topological polar surface area (TPSA) is 38.3 Å². The molecule has 0 saturated heterocycles. The van der Waals surface area contributed by atoms with E-state index in [0.717, 1.165) is 5.56 Å². The maximum atomic E-state index is 13.0. The summed E-state index contributed by atoms with van der Waals surface area (Å²) in [5, 5.41) is 3.36. The number of benzene rings is 2. The SMILES string of the molecule is Cc1cc(Cl)cc(Cl)c1OCC(=O)Nc1cccc(F)c1. The molecule has 2 aromatic rings. The first-order valence-corrected chi connectivity index (χ1v) is 6.85. The van der Waals surface area contributed by atoms with E-state index in [0.29, 0.717) is 21.5 Å². The summed E-state index contributed by atoms with van der Waals surface area (Å²) in [7, 11) is 0. The van der Waals surface area contributed by atoms with Gasteiger partial charge in [0.1, 0.15) is 11.6 Å². The van der Waals surface area contributed by atoms with Crippen molar-refractivity contribution in [3.05, 3.63) is 57.8 Å². The van der Waals surface area contributed by atoms with E-state index in [2.05, 4.69) is 5.32 Å². The molecular weight excluding hydrogens is 316 g/mol. The minimum absolute atomic E-state index is 0.237. The predicted molar refractivity (Wildman–Crippen MR) is 81.7 cm³/mol. The molecule has 0 aliphatic carbocycles. The van der Waals surface area contributed by atoms with Crippen LogP contribution in [0.15, 0.2) is 36.4 Å². The van der Waals surface area contributed by atoms with E-state index in [1.165, 1.54) is 24.3 Å². The average molecular weight is 328 g/mol. The van der Waals surface area contributed by atoms with Crippen LogP contribution in [0.5, 0.6) is 5.75 Å². The summed E-state index contributed by atoms with van der Waals surface area (Å²) in [5.74, 6) is -0.438. The van der Waals surface area contributed by atoms with Gasteiger partial charge in [0.05, 0.1) is 5.02 Å². The van der Waals surface area contributed by atoms with Crippen molar-refractivity contribution in [3.8, 4) is 5.75 Å². The molecule has 0 aliphatic rings. The molecule has 6 heteroatoms. The Morgan fingerprint density at radius 3 is 2.71 bits per heavy atom. The van der Waals surface area contributed by atoms with Crippen molar-refractivity contribution >= 4 is 34.8 Å². The van der Waals surface area contributed by atoms with Crippen molar-refractivity contribution in [2.75, 3.05) is 11.9 Å². The molecule has 21 heavy (non-hydrogen) atoms. The highest BCUT2D eigenvalue weighted by molar-refractivity contribution is 6.35. The Morgan fingerprint density at radius 2 is 2.05 bits per heavy atom. The highest BCUT2D eigenvalue weighted by atomic mass is 35.5.